The summed E-state index contributed by atoms with van der Waals surface area (Å²) in [5, 5.41) is 9.07. The molecule has 0 heterocycles. The molecule has 1 aliphatic rings. The average Bonchev–Trinajstić information content (AvgIpc) is 2.75. The molecule has 3 nitrogen and oxygen atoms in total. The van der Waals surface area contributed by atoms with Crippen LogP contribution in [0.3, 0.4) is 0 Å². The molecular formula is C12H25NO2S. The summed E-state index contributed by atoms with van der Waals surface area (Å²) >= 11 is 4.51. The van der Waals surface area contributed by atoms with Gasteiger partial charge in [-0.1, -0.05) is 12.8 Å². The highest BCUT2D eigenvalue weighted by Gasteiger charge is 2.33. The molecule has 0 amide bonds. The molecule has 1 aliphatic carbocycles. The SMILES string of the molecule is COCCN(CCO)CC1(CS)CCCC1. The molecule has 96 valence electrons. The van der Waals surface area contributed by atoms with E-state index in [1.165, 1.54) is 25.7 Å². The van der Waals surface area contributed by atoms with Gasteiger partial charge < -0.3 is 9.84 Å². The molecule has 0 saturated heterocycles. The lowest BCUT2D eigenvalue weighted by atomic mass is 9.88. The zero-order chi connectivity index (χ0) is 11.9. The number of nitrogens with zero attached hydrogens (tertiary/aromatic N) is 1. The van der Waals surface area contributed by atoms with Crippen LogP contribution in [-0.2, 0) is 4.74 Å². The van der Waals surface area contributed by atoms with Crippen LogP contribution in [0, 0.1) is 5.41 Å². The summed E-state index contributed by atoms with van der Waals surface area (Å²) in [7, 11) is 1.72. The Bertz CT molecular complexity index is 184. The van der Waals surface area contributed by atoms with Crippen molar-refractivity contribution in [3.05, 3.63) is 0 Å². The van der Waals surface area contributed by atoms with E-state index < -0.39 is 0 Å². The van der Waals surface area contributed by atoms with Gasteiger partial charge in [0.1, 0.15) is 0 Å². The summed E-state index contributed by atoms with van der Waals surface area (Å²) in [4.78, 5) is 2.31. The Hall–Kier alpha value is 0.230. The van der Waals surface area contributed by atoms with Crippen LogP contribution in [0.4, 0.5) is 0 Å². The fourth-order valence-electron chi connectivity index (χ4n) is 2.60. The minimum atomic E-state index is 0.229. The van der Waals surface area contributed by atoms with Crippen molar-refractivity contribution in [2.45, 2.75) is 25.7 Å². The number of hydrogen-bond donors (Lipinski definition) is 2. The maximum Gasteiger partial charge on any atom is 0.0589 e. The molecule has 4 heteroatoms. The van der Waals surface area contributed by atoms with E-state index in [0.29, 0.717) is 5.41 Å². The lowest BCUT2D eigenvalue weighted by molar-refractivity contribution is 0.0993. The molecule has 16 heavy (non-hydrogen) atoms. The highest BCUT2D eigenvalue weighted by Crippen LogP contribution is 2.39. The lowest BCUT2D eigenvalue weighted by Gasteiger charge is -2.34. The molecule has 1 saturated carbocycles. The first kappa shape index (κ1) is 14.3. The summed E-state index contributed by atoms with van der Waals surface area (Å²) in [5.74, 6) is 0.960. The van der Waals surface area contributed by atoms with Gasteiger partial charge in [0.05, 0.1) is 13.2 Å². The van der Waals surface area contributed by atoms with Gasteiger partial charge in [0.15, 0.2) is 0 Å². The molecule has 0 unspecified atom stereocenters. The molecular weight excluding hydrogens is 222 g/mol. The van der Waals surface area contributed by atoms with E-state index in [4.69, 9.17) is 9.84 Å². The molecule has 0 bridgehead atoms. The largest absolute Gasteiger partial charge is 0.395 e. The number of ether oxygens (including phenoxy) is 1. The second-order valence-electron chi connectivity index (χ2n) is 4.86. The second kappa shape index (κ2) is 7.54. The Balaban J connectivity index is 2.44. The van der Waals surface area contributed by atoms with E-state index in [-0.39, 0.29) is 6.61 Å². The van der Waals surface area contributed by atoms with Crippen molar-refractivity contribution in [3.8, 4) is 0 Å². The molecule has 1 fully saturated rings. The first-order valence-corrected chi connectivity index (χ1v) is 6.82. The Morgan fingerprint density at radius 2 is 2.00 bits per heavy atom. The maximum absolute atomic E-state index is 9.07. The molecule has 1 rings (SSSR count). The summed E-state index contributed by atoms with van der Waals surface area (Å²) in [6.07, 6.45) is 5.23. The predicted octanol–water partition coefficient (Wildman–Crippen LogP) is 1.42. The zero-order valence-electron chi connectivity index (χ0n) is 10.3. The van der Waals surface area contributed by atoms with Gasteiger partial charge in [0.2, 0.25) is 0 Å². The maximum atomic E-state index is 9.07. The minimum absolute atomic E-state index is 0.229. The number of methoxy groups -OCH3 is 1. The number of aliphatic hydroxyl groups is 1. The van der Waals surface area contributed by atoms with Crippen LogP contribution >= 0.6 is 12.6 Å². The van der Waals surface area contributed by atoms with Crippen molar-refractivity contribution < 1.29 is 9.84 Å². The monoisotopic (exact) mass is 247 g/mol. The van der Waals surface area contributed by atoms with E-state index in [2.05, 4.69) is 17.5 Å². The van der Waals surface area contributed by atoms with E-state index in [0.717, 1.165) is 32.0 Å². The van der Waals surface area contributed by atoms with Gasteiger partial charge in [0, 0.05) is 26.7 Å². The summed E-state index contributed by atoms with van der Waals surface area (Å²) < 4.78 is 5.11. The topological polar surface area (TPSA) is 32.7 Å². The van der Waals surface area contributed by atoms with Crippen LogP contribution in [0.2, 0.25) is 0 Å². The number of aliphatic hydroxyl groups excluding tert-OH is 1. The lowest BCUT2D eigenvalue weighted by Crippen LogP contribution is -2.40. The fourth-order valence-corrected chi connectivity index (χ4v) is 3.01. The van der Waals surface area contributed by atoms with Crippen molar-refractivity contribution in [1.29, 1.82) is 0 Å². The Morgan fingerprint density at radius 1 is 1.31 bits per heavy atom. The molecule has 1 N–H and O–H groups in total. The highest BCUT2D eigenvalue weighted by atomic mass is 32.1. The van der Waals surface area contributed by atoms with Gasteiger partial charge in [0.25, 0.3) is 0 Å². The van der Waals surface area contributed by atoms with Gasteiger partial charge in [-0.3, -0.25) is 4.90 Å². The third kappa shape index (κ3) is 4.24. The van der Waals surface area contributed by atoms with Crippen molar-refractivity contribution in [2.75, 3.05) is 45.7 Å². The van der Waals surface area contributed by atoms with Crippen LogP contribution in [-0.4, -0.2) is 55.7 Å². The summed E-state index contributed by atoms with van der Waals surface area (Å²) in [6, 6.07) is 0. The smallest absolute Gasteiger partial charge is 0.0589 e. The van der Waals surface area contributed by atoms with Gasteiger partial charge in [-0.25, -0.2) is 0 Å². The minimum Gasteiger partial charge on any atom is -0.395 e. The quantitative estimate of drug-likeness (QED) is 0.636. The fraction of sp³-hybridized carbons (Fsp3) is 1.00. The average molecular weight is 247 g/mol. The molecule has 0 aliphatic heterocycles. The molecule has 0 aromatic carbocycles. The first-order valence-electron chi connectivity index (χ1n) is 6.19. The normalized spacial score (nSPS) is 19.5. The number of hydrogen-bond acceptors (Lipinski definition) is 4. The molecule has 0 spiro atoms. The molecule has 0 radical (unpaired) electrons. The van der Waals surface area contributed by atoms with Crippen LogP contribution in [0.15, 0.2) is 0 Å². The first-order chi connectivity index (χ1) is 7.76. The summed E-state index contributed by atoms with van der Waals surface area (Å²) in [5.41, 5.74) is 0.381. The van der Waals surface area contributed by atoms with Crippen LogP contribution in [0.1, 0.15) is 25.7 Å². The van der Waals surface area contributed by atoms with E-state index in [1.807, 2.05) is 0 Å². The zero-order valence-corrected chi connectivity index (χ0v) is 11.2. The van der Waals surface area contributed by atoms with Crippen LogP contribution in [0.5, 0.6) is 0 Å². The van der Waals surface area contributed by atoms with Crippen molar-refractivity contribution in [2.24, 2.45) is 5.41 Å². The molecule has 0 aromatic heterocycles. The van der Waals surface area contributed by atoms with Crippen molar-refractivity contribution >= 4 is 12.6 Å². The second-order valence-corrected chi connectivity index (χ2v) is 5.17. The summed E-state index contributed by atoms with van der Waals surface area (Å²) in [6.45, 7) is 3.68. The predicted molar refractivity (Wildman–Crippen MR) is 70.2 cm³/mol. The Kier molecular flexibility index (Phi) is 6.73. The van der Waals surface area contributed by atoms with Gasteiger partial charge >= 0.3 is 0 Å². The van der Waals surface area contributed by atoms with Crippen molar-refractivity contribution in [1.82, 2.24) is 4.90 Å². The third-order valence-electron chi connectivity index (χ3n) is 3.59. The Morgan fingerprint density at radius 3 is 2.50 bits per heavy atom. The highest BCUT2D eigenvalue weighted by molar-refractivity contribution is 7.80. The van der Waals surface area contributed by atoms with Crippen LogP contribution < -0.4 is 0 Å². The van der Waals surface area contributed by atoms with Crippen LogP contribution in [0.25, 0.3) is 0 Å². The molecule has 0 atom stereocenters. The third-order valence-corrected chi connectivity index (χ3v) is 4.26. The number of rotatable bonds is 8. The van der Waals surface area contributed by atoms with Gasteiger partial charge in [-0.05, 0) is 24.0 Å². The van der Waals surface area contributed by atoms with Gasteiger partial charge in [-0.15, -0.1) is 0 Å². The molecule has 0 aromatic rings. The Labute approximate surface area is 105 Å². The van der Waals surface area contributed by atoms with Gasteiger partial charge in [-0.2, -0.15) is 12.6 Å². The van der Waals surface area contributed by atoms with Crippen molar-refractivity contribution in [3.63, 3.8) is 0 Å². The van der Waals surface area contributed by atoms with E-state index in [1.54, 1.807) is 7.11 Å². The van der Waals surface area contributed by atoms with E-state index >= 15 is 0 Å². The standard InChI is InChI=1S/C12H25NO2S/c1-15-9-7-13(6-8-14)10-12(11-16)4-2-3-5-12/h14,16H,2-11H2,1H3. The van der Waals surface area contributed by atoms with E-state index in [9.17, 15) is 0 Å². The number of thiol groups is 1.